The smallest absolute Gasteiger partial charge is 0.249 e. The molecule has 1 N–H and O–H groups in total. The SMILES string of the molecule is CCc1cc(=O)s[nH]1. The van der Waals surface area contributed by atoms with Crippen molar-refractivity contribution in [2.45, 2.75) is 13.3 Å². The van der Waals surface area contributed by atoms with Crippen molar-refractivity contribution >= 4 is 11.5 Å². The zero-order valence-electron chi connectivity index (χ0n) is 4.60. The lowest BCUT2D eigenvalue weighted by Crippen LogP contribution is -1.82. The second kappa shape index (κ2) is 2.13. The summed E-state index contributed by atoms with van der Waals surface area (Å²) in [6.07, 6.45) is 0.915. The molecule has 0 aliphatic heterocycles. The number of rotatable bonds is 1. The molecule has 1 rings (SSSR count). The van der Waals surface area contributed by atoms with E-state index in [1.54, 1.807) is 6.07 Å². The van der Waals surface area contributed by atoms with E-state index >= 15 is 0 Å². The lowest BCUT2D eigenvalue weighted by atomic mass is 10.3. The first kappa shape index (κ1) is 5.56. The second-order valence-electron chi connectivity index (χ2n) is 1.55. The van der Waals surface area contributed by atoms with Crippen molar-refractivity contribution in [3.05, 3.63) is 21.3 Å². The van der Waals surface area contributed by atoms with Crippen molar-refractivity contribution in [3.63, 3.8) is 0 Å². The first-order valence-corrected chi connectivity index (χ1v) is 3.32. The third-order valence-electron chi connectivity index (χ3n) is 0.956. The Kier molecular flexibility index (Phi) is 1.48. The van der Waals surface area contributed by atoms with Gasteiger partial charge in [-0.25, -0.2) is 0 Å². The summed E-state index contributed by atoms with van der Waals surface area (Å²) in [6, 6.07) is 1.63. The average molecular weight is 129 g/mol. The van der Waals surface area contributed by atoms with Gasteiger partial charge < -0.3 is 4.37 Å². The van der Waals surface area contributed by atoms with Gasteiger partial charge in [-0.3, -0.25) is 4.79 Å². The number of hydrogen-bond donors (Lipinski definition) is 1. The van der Waals surface area contributed by atoms with E-state index in [0.717, 1.165) is 23.6 Å². The van der Waals surface area contributed by atoms with Gasteiger partial charge in [0.15, 0.2) is 0 Å². The van der Waals surface area contributed by atoms with Crippen molar-refractivity contribution in [1.29, 1.82) is 0 Å². The molecule has 0 atom stereocenters. The van der Waals surface area contributed by atoms with Crippen LogP contribution in [0.2, 0.25) is 0 Å². The molecule has 0 radical (unpaired) electrons. The third kappa shape index (κ3) is 0.980. The van der Waals surface area contributed by atoms with Crippen LogP contribution in [0.5, 0.6) is 0 Å². The van der Waals surface area contributed by atoms with E-state index in [9.17, 15) is 4.79 Å². The summed E-state index contributed by atoms with van der Waals surface area (Å²) >= 11 is 1.15. The number of H-pyrrole nitrogens is 1. The van der Waals surface area contributed by atoms with E-state index in [4.69, 9.17) is 0 Å². The number of nitrogens with one attached hydrogen (secondary N) is 1. The minimum atomic E-state index is 0.113. The van der Waals surface area contributed by atoms with E-state index in [2.05, 4.69) is 4.37 Å². The van der Waals surface area contributed by atoms with Crippen molar-refractivity contribution < 1.29 is 0 Å². The highest BCUT2D eigenvalue weighted by molar-refractivity contribution is 7.03. The molecular formula is C5H7NOS. The molecule has 3 heteroatoms. The zero-order chi connectivity index (χ0) is 5.98. The quantitative estimate of drug-likeness (QED) is 0.602. The summed E-state index contributed by atoms with van der Waals surface area (Å²) in [6.45, 7) is 2.01. The predicted molar refractivity (Wildman–Crippen MR) is 34.3 cm³/mol. The molecule has 1 aromatic heterocycles. The highest BCUT2D eigenvalue weighted by Gasteiger charge is 1.89. The van der Waals surface area contributed by atoms with E-state index in [1.807, 2.05) is 6.92 Å². The molecule has 0 amide bonds. The molecule has 2 nitrogen and oxygen atoms in total. The predicted octanol–water partition coefficient (Wildman–Crippen LogP) is 0.999. The third-order valence-corrected chi connectivity index (χ3v) is 1.64. The van der Waals surface area contributed by atoms with E-state index in [0.29, 0.717) is 0 Å². The Labute approximate surface area is 51.3 Å². The monoisotopic (exact) mass is 129 g/mol. The standard InChI is InChI=1S/C5H7NOS/c1-2-4-3-5(7)8-6-4/h3,6H,2H2,1H3. The highest BCUT2D eigenvalue weighted by Crippen LogP contribution is 1.91. The average Bonchev–Trinajstić information content (AvgIpc) is 2.14. The van der Waals surface area contributed by atoms with Crippen LogP contribution in [0, 0.1) is 0 Å². The van der Waals surface area contributed by atoms with Crippen LogP contribution in [0.3, 0.4) is 0 Å². The fourth-order valence-electron chi connectivity index (χ4n) is 0.491. The van der Waals surface area contributed by atoms with Crippen LogP contribution < -0.4 is 4.74 Å². The molecule has 0 saturated carbocycles. The van der Waals surface area contributed by atoms with Gasteiger partial charge in [0.05, 0.1) is 0 Å². The molecule has 1 aromatic rings. The second-order valence-corrected chi connectivity index (χ2v) is 2.36. The van der Waals surface area contributed by atoms with Gasteiger partial charge in [-0.15, -0.1) is 0 Å². The first-order chi connectivity index (χ1) is 3.83. The van der Waals surface area contributed by atoms with Gasteiger partial charge in [0.25, 0.3) is 0 Å². The maximum atomic E-state index is 10.4. The number of aryl methyl sites for hydroxylation is 1. The molecule has 0 aliphatic rings. The Morgan fingerprint density at radius 1 is 1.88 bits per heavy atom. The molecule has 0 fully saturated rings. The summed E-state index contributed by atoms with van der Waals surface area (Å²) in [5, 5.41) is 0. The molecule has 1 heterocycles. The number of aromatic nitrogens is 1. The van der Waals surface area contributed by atoms with Crippen molar-refractivity contribution in [2.75, 3.05) is 0 Å². The van der Waals surface area contributed by atoms with Crippen LogP contribution in [-0.4, -0.2) is 4.37 Å². The van der Waals surface area contributed by atoms with Crippen LogP contribution in [0.25, 0.3) is 0 Å². The van der Waals surface area contributed by atoms with E-state index in [-0.39, 0.29) is 4.74 Å². The highest BCUT2D eigenvalue weighted by atomic mass is 32.1. The lowest BCUT2D eigenvalue weighted by molar-refractivity contribution is 1.09. The first-order valence-electron chi connectivity index (χ1n) is 2.50. The van der Waals surface area contributed by atoms with Crippen molar-refractivity contribution in [2.24, 2.45) is 0 Å². The molecule has 0 bridgehead atoms. The van der Waals surface area contributed by atoms with Crippen LogP contribution >= 0.6 is 11.5 Å². The molecule has 8 heavy (non-hydrogen) atoms. The Balaban J connectivity index is 3.01. The Morgan fingerprint density at radius 3 is 2.88 bits per heavy atom. The van der Waals surface area contributed by atoms with Gasteiger partial charge in [-0.05, 0) is 18.0 Å². The van der Waals surface area contributed by atoms with Crippen molar-refractivity contribution in [1.82, 2.24) is 4.37 Å². The van der Waals surface area contributed by atoms with Crippen LogP contribution in [0.1, 0.15) is 12.6 Å². The number of aromatic amines is 1. The summed E-state index contributed by atoms with van der Waals surface area (Å²) in [5.41, 5.74) is 1.03. The zero-order valence-corrected chi connectivity index (χ0v) is 5.42. The maximum absolute atomic E-state index is 10.4. The molecule has 0 aliphatic carbocycles. The van der Waals surface area contributed by atoms with Gasteiger partial charge in [0, 0.05) is 11.8 Å². The van der Waals surface area contributed by atoms with Crippen LogP contribution in [0.4, 0.5) is 0 Å². The Bertz CT molecular complexity index is 212. The summed E-state index contributed by atoms with van der Waals surface area (Å²) in [4.78, 5) is 10.4. The fraction of sp³-hybridized carbons (Fsp3) is 0.400. The summed E-state index contributed by atoms with van der Waals surface area (Å²) in [5.74, 6) is 0. The summed E-state index contributed by atoms with van der Waals surface area (Å²) < 4.78 is 3.00. The normalized spacial score (nSPS) is 9.62. The fourth-order valence-corrected chi connectivity index (χ4v) is 1.13. The molecule has 44 valence electrons. The van der Waals surface area contributed by atoms with Gasteiger partial charge in [-0.2, -0.15) is 0 Å². The van der Waals surface area contributed by atoms with Gasteiger partial charge in [0.1, 0.15) is 0 Å². The minimum absolute atomic E-state index is 0.113. The topological polar surface area (TPSA) is 32.9 Å². The van der Waals surface area contributed by atoms with Gasteiger partial charge in [-0.1, -0.05) is 6.92 Å². The molecule has 0 spiro atoms. The Hall–Kier alpha value is -0.570. The van der Waals surface area contributed by atoms with Gasteiger partial charge >= 0.3 is 0 Å². The van der Waals surface area contributed by atoms with Crippen molar-refractivity contribution in [3.8, 4) is 0 Å². The van der Waals surface area contributed by atoms with Crippen LogP contribution in [0.15, 0.2) is 10.9 Å². The minimum Gasteiger partial charge on any atom is -0.312 e. The number of hydrogen-bond acceptors (Lipinski definition) is 2. The molecule has 0 aromatic carbocycles. The molecule has 0 unspecified atom stereocenters. The van der Waals surface area contributed by atoms with E-state index < -0.39 is 0 Å². The molecular weight excluding hydrogens is 122 g/mol. The van der Waals surface area contributed by atoms with Gasteiger partial charge in [0.2, 0.25) is 4.74 Å². The maximum Gasteiger partial charge on any atom is 0.249 e. The van der Waals surface area contributed by atoms with E-state index in [1.165, 1.54) is 0 Å². The largest absolute Gasteiger partial charge is 0.312 e. The van der Waals surface area contributed by atoms with Crippen LogP contribution in [-0.2, 0) is 6.42 Å². The summed E-state index contributed by atoms with van der Waals surface area (Å²) in [7, 11) is 0. The Morgan fingerprint density at radius 2 is 2.62 bits per heavy atom. The molecule has 0 saturated heterocycles. The lowest BCUT2D eigenvalue weighted by Gasteiger charge is -1.79.